The first-order valence-electron chi connectivity index (χ1n) is 9.24. The molecule has 7 nitrogen and oxygen atoms in total. The van der Waals surface area contributed by atoms with Crippen LogP contribution in [0, 0.1) is 0 Å². The van der Waals surface area contributed by atoms with E-state index in [1.54, 1.807) is 0 Å². The zero-order valence-corrected chi connectivity index (χ0v) is 15.9. The second-order valence-corrected chi connectivity index (χ2v) is 6.74. The minimum absolute atomic E-state index is 0.0366. The molecule has 0 aliphatic carbocycles. The monoisotopic (exact) mass is 426 g/mol. The molecule has 0 saturated carbocycles. The largest absolute Gasteiger partial charge is 0.483 e. The number of rotatable bonds is 7. The third kappa shape index (κ3) is 6.24. The Morgan fingerprint density at radius 2 is 1.97 bits per heavy atom. The Morgan fingerprint density at radius 3 is 2.60 bits per heavy atom. The number of alkyl halides is 3. The van der Waals surface area contributed by atoms with E-state index >= 15 is 0 Å². The quantitative estimate of drug-likeness (QED) is 0.733. The Hall–Kier alpha value is -3.01. The van der Waals surface area contributed by atoms with Crippen molar-refractivity contribution >= 4 is 6.09 Å². The van der Waals surface area contributed by atoms with Gasteiger partial charge in [-0.25, -0.2) is 9.78 Å². The van der Waals surface area contributed by atoms with Crippen molar-refractivity contribution in [3.63, 3.8) is 0 Å². The summed E-state index contributed by atoms with van der Waals surface area (Å²) in [6.45, 7) is -1.36. The minimum Gasteiger partial charge on any atom is -0.483 e. The molecule has 3 rings (SSSR count). The first-order valence-corrected chi connectivity index (χ1v) is 9.24. The zero-order chi connectivity index (χ0) is 21.6. The molecule has 10 heteroatoms. The van der Waals surface area contributed by atoms with Crippen molar-refractivity contribution in [2.75, 3.05) is 19.8 Å². The Balaban J connectivity index is 1.52. The van der Waals surface area contributed by atoms with Crippen molar-refractivity contribution in [1.82, 2.24) is 9.88 Å². The summed E-state index contributed by atoms with van der Waals surface area (Å²) in [5.74, 6) is 0.140. The standard InChI is InChI=1S/C20H21F3N2O5/c21-20(22,23)13-29-16-6-7-18(24-9-16)30-17-8-15(11-26)25(10-17)19(27)28-12-14-4-2-1-3-5-14/h1-7,9,15,17,26H,8,10-13H2/t15-,17-/m0/s1. The van der Waals surface area contributed by atoms with Crippen LogP contribution in [0.3, 0.4) is 0 Å². The van der Waals surface area contributed by atoms with Gasteiger partial charge in [0, 0.05) is 12.5 Å². The van der Waals surface area contributed by atoms with Gasteiger partial charge in [-0.1, -0.05) is 30.3 Å². The molecule has 0 radical (unpaired) electrons. The summed E-state index contributed by atoms with van der Waals surface area (Å²) < 4.78 is 52.2. The predicted octanol–water partition coefficient (Wildman–Crippen LogP) is 3.17. The maximum atomic E-state index is 12.4. The van der Waals surface area contributed by atoms with Crippen LogP contribution < -0.4 is 9.47 Å². The second-order valence-electron chi connectivity index (χ2n) is 6.74. The predicted molar refractivity (Wildman–Crippen MR) is 99.0 cm³/mol. The Bertz CT molecular complexity index is 817. The van der Waals surface area contributed by atoms with Gasteiger partial charge in [0.25, 0.3) is 0 Å². The van der Waals surface area contributed by atoms with E-state index in [4.69, 9.17) is 9.47 Å². The van der Waals surface area contributed by atoms with Crippen LogP contribution in [0.25, 0.3) is 0 Å². The van der Waals surface area contributed by atoms with E-state index in [2.05, 4.69) is 9.72 Å². The molecule has 2 atom stereocenters. The van der Waals surface area contributed by atoms with E-state index in [1.165, 1.54) is 17.0 Å². The van der Waals surface area contributed by atoms with Gasteiger partial charge in [0.2, 0.25) is 5.88 Å². The number of nitrogens with zero attached hydrogens (tertiary/aromatic N) is 2. The van der Waals surface area contributed by atoms with Gasteiger partial charge < -0.3 is 19.3 Å². The van der Waals surface area contributed by atoms with Gasteiger partial charge >= 0.3 is 12.3 Å². The Kier molecular flexibility index (Phi) is 6.99. The SMILES string of the molecule is O=C(OCc1ccccc1)N1C[C@@H](Oc2ccc(OCC(F)(F)F)cn2)C[C@H]1CO. The van der Waals surface area contributed by atoms with Gasteiger partial charge in [0.1, 0.15) is 18.5 Å². The van der Waals surface area contributed by atoms with Crippen molar-refractivity contribution < 1.29 is 37.3 Å². The first kappa shape index (κ1) is 21.7. The number of carbonyl (C=O) groups excluding carboxylic acids is 1. The number of pyridine rings is 1. The normalized spacial score (nSPS) is 18.9. The number of halogens is 3. The average Bonchev–Trinajstić information content (AvgIpc) is 3.14. The van der Waals surface area contributed by atoms with Gasteiger partial charge in [0.05, 0.1) is 25.4 Å². The molecule has 1 aliphatic heterocycles. The summed E-state index contributed by atoms with van der Waals surface area (Å²) >= 11 is 0. The molecule has 30 heavy (non-hydrogen) atoms. The van der Waals surface area contributed by atoms with Crippen LogP contribution in [-0.2, 0) is 11.3 Å². The fourth-order valence-electron chi connectivity index (χ4n) is 3.02. The number of hydrogen-bond donors (Lipinski definition) is 1. The fraction of sp³-hybridized carbons (Fsp3) is 0.400. The number of aliphatic hydroxyl groups is 1. The van der Waals surface area contributed by atoms with E-state index in [1.807, 2.05) is 30.3 Å². The van der Waals surface area contributed by atoms with E-state index in [9.17, 15) is 23.1 Å². The topological polar surface area (TPSA) is 81.1 Å². The molecule has 0 unspecified atom stereocenters. The lowest BCUT2D eigenvalue weighted by Crippen LogP contribution is -2.38. The number of likely N-dealkylation sites (tertiary alicyclic amines) is 1. The van der Waals surface area contributed by atoms with Crippen LogP contribution in [0.2, 0.25) is 0 Å². The lowest BCUT2D eigenvalue weighted by molar-refractivity contribution is -0.153. The molecule has 1 aromatic carbocycles. The molecule has 1 aliphatic rings. The molecule has 1 fully saturated rings. The highest BCUT2D eigenvalue weighted by Gasteiger charge is 2.37. The van der Waals surface area contributed by atoms with Crippen molar-refractivity contribution in [3.05, 3.63) is 54.2 Å². The van der Waals surface area contributed by atoms with Crippen molar-refractivity contribution in [3.8, 4) is 11.6 Å². The van der Waals surface area contributed by atoms with Gasteiger partial charge in [0.15, 0.2) is 6.61 Å². The molecule has 1 aromatic heterocycles. The molecule has 2 heterocycles. The lowest BCUT2D eigenvalue weighted by atomic mass is 10.2. The van der Waals surface area contributed by atoms with Crippen LogP contribution in [0.15, 0.2) is 48.7 Å². The van der Waals surface area contributed by atoms with E-state index in [0.717, 1.165) is 11.8 Å². The first-order chi connectivity index (χ1) is 14.3. The third-order valence-corrected chi connectivity index (χ3v) is 4.43. The smallest absolute Gasteiger partial charge is 0.422 e. The molecule has 162 valence electrons. The minimum atomic E-state index is -4.43. The number of aliphatic hydroxyl groups excluding tert-OH is 1. The Labute approximate surface area is 171 Å². The summed E-state index contributed by atoms with van der Waals surface area (Å²) in [6, 6.07) is 11.4. The molecule has 1 N–H and O–H groups in total. The van der Waals surface area contributed by atoms with Crippen LogP contribution in [-0.4, -0.2) is 59.2 Å². The second kappa shape index (κ2) is 9.66. The molecule has 0 spiro atoms. The summed E-state index contributed by atoms with van der Waals surface area (Å²) in [5.41, 5.74) is 0.843. The summed E-state index contributed by atoms with van der Waals surface area (Å²) in [5, 5.41) is 9.59. The molecule has 1 saturated heterocycles. The number of aromatic nitrogens is 1. The highest BCUT2D eigenvalue weighted by molar-refractivity contribution is 5.68. The fourth-order valence-corrected chi connectivity index (χ4v) is 3.02. The number of hydrogen-bond acceptors (Lipinski definition) is 6. The van der Waals surface area contributed by atoms with Crippen LogP contribution in [0.1, 0.15) is 12.0 Å². The van der Waals surface area contributed by atoms with E-state index in [-0.39, 0.29) is 31.4 Å². The maximum absolute atomic E-state index is 12.4. The molecule has 0 bridgehead atoms. The number of benzene rings is 1. The van der Waals surface area contributed by atoms with Crippen LogP contribution in [0.4, 0.5) is 18.0 Å². The van der Waals surface area contributed by atoms with Gasteiger partial charge in [-0.2, -0.15) is 13.2 Å². The molecular formula is C20H21F3N2O5. The number of amides is 1. The zero-order valence-electron chi connectivity index (χ0n) is 15.9. The number of ether oxygens (including phenoxy) is 3. The van der Waals surface area contributed by atoms with E-state index < -0.39 is 31.0 Å². The molecule has 2 aromatic rings. The van der Waals surface area contributed by atoms with Crippen LogP contribution >= 0.6 is 0 Å². The summed E-state index contributed by atoms with van der Waals surface area (Å²) in [4.78, 5) is 17.7. The highest BCUT2D eigenvalue weighted by atomic mass is 19.4. The van der Waals surface area contributed by atoms with E-state index in [0.29, 0.717) is 6.42 Å². The van der Waals surface area contributed by atoms with Crippen molar-refractivity contribution in [2.24, 2.45) is 0 Å². The highest BCUT2D eigenvalue weighted by Crippen LogP contribution is 2.24. The molecular weight excluding hydrogens is 405 g/mol. The summed E-state index contributed by atoms with van der Waals surface area (Å²) in [7, 11) is 0. The third-order valence-electron chi connectivity index (χ3n) is 4.43. The lowest BCUT2D eigenvalue weighted by Gasteiger charge is -2.21. The van der Waals surface area contributed by atoms with Crippen LogP contribution in [0.5, 0.6) is 11.6 Å². The van der Waals surface area contributed by atoms with Crippen molar-refractivity contribution in [2.45, 2.75) is 31.3 Å². The Morgan fingerprint density at radius 1 is 1.20 bits per heavy atom. The van der Waals surface area contributed by atoms with Gasteiger partial charge in [-0.05, 0) is 11.6 Å². The van der Waals surface area contributed by atoms with Gasteiger partial charge in [-0.15, -0.1) is 0 Å². The average molecular weight is 426 g/mol. The number of carbonyl (C=O) groups is 1. The van der Waals surface area contributed by atoms with Crippen molar-refractivity contribution in [1.29, 1.82) is 0 Å². The van der Waals surface area contributed by atoms with Gasteiger partial charge in [-0.3, -0.25) is 4.90 Å². The summed E-state index contributed by atoms with van der Waals surface area (Å²) in [6.07, 6.45) is -3.94. The maximum Gasteiger partial charge on any atom is 0.422 e. The molecule has 1 amide bonds.